The molecule has 0 spiro atoms. The predicted molar refractivity (Wildman–Crippen MR) is 82.3 cm³/mol. The van der Waals surface area contributed by atoms with Crippen molar-refractivity contribution < 1.29 is 18.7 Å². The van der Waals surface area contributed by atoms with Gasteiger partial charge in [-0.2, -0.15) is 0 Å². The minimum atomic E-state index is -0.616. The quantitative estimate of drug-likeness (QED) is 0.792. The van der Waals surface area contributed by atoms with Crippen molar-refractivity contribution in [2.45, 2.75) is 25.0 Å². The molecule has 23 heavy (non-hydrogen) atoms. The zero-order chi connectivity index (χ0) is 16.4. The van der Waals surface area contributed by atoms with Gasteiger partial charge in [0.2, 0.25) is 5.91 Å². The summed E-state index contributed by atoms with van der Waals surface area (Å²) in [5, 5.41) is 15.4. The van der Waals surface area contributed by atoms with Crippen LogP contribution in [0, 0.1) is 11.6 Å². The summed E-state index contributed by atoms with van der Waals surface area (Å²) in [6, 6.07) is 3.01. The van der Waals surface area contributed by atoms with Gasteiger partial charge in [-0.1, -0.05) is 6.07 Å². The van der Waals surface area contributed by atoms with Gasteiger partial charge >= 0.3 is 0 Å². The third-order valence-corrected chi connectivity index (χ3v) is 4.50. The molecule has 3 rings (SSSR count). The minimum Gasteiger partial charge on any atom is -0.392 e. The molecule has 1 fully saturated rings. The fourth-order valence-corrected chi connectivity index (χ4v) is 3.25. The van der Waals surface area contributed by atoms with Crippen LogP contribution in [0.1, 0.15) is 16.9 Å². The molecule has 0 saturated carbocycles. The number of anilines is 1. The van der Waals surface area contributed by atoms with Gasteiger partial charge in [-0.3, -0.25) is 4.79 Å². The van der Waals surface area contributed by atoms with Crippen molar-refractivity contribution in [3.05, 3.63) is 46.5 Å². The number of nitrogens with one attached hydrogen (secondary N) is 2. The van der Waals surface area contributed by atoms with Crippen LogP contribution in [0.3, 0.4) is 0 Å². The van der Waals surface area contributed by atoms with Crippen molar-refractivity contribution in [3.8, 4) is 0 Å². The van der Waals surface area contributed by atoms with Crippen LogP contribution in [-0.2, 0) is 11.2 Å². The Balaban J connectivity index is 1.62. The first-order valence-electron chi connectivity index (χ1n) is 7.12. The Morgan fingerprint density at radius 2 is 2.30 bits per heavy atom. The van der Waals surface area contributed by atoms with Gasteiger partial charge in [0, 0.05) is 30.1 Å². The molecule has 1 aliphatic rings. The summed E-state index contributed by atoms with van der Waals surface area (Å²) in [5.41, 5.74) is 0.369. The lowest BCUT2D eigenvalue weighted by molar-refractivity contribution is -0.117. The fourth-order valence-electron chi connectivity index (χ4n) is 2.41. The van der Waals surface area contributed by atoms with Gasteiger partial charge in [-0.15, -0.1) is 11.3 Å². The van der Waals surface area contributed by atoms with E-state index in [1.165, 1.54) is 23.5 Å². The molecule has 1 saturated heterocycles. The number of nitrogens with zero attached hydrogens (tertiary/aromatic N) is 1. The second-order valence-corrected chi connectivity index (χ2v) is 6.50. The predicted octanol–water partition coefficient (Wildman–Crippen LogP) is 1.67. The normalized spacial score (nSPS) is 20.7. The molecule has 0 aliphatic carbocycles. The van der Waals surface area contributed by atoms with Gasteiger partial charge in [0.1, 0.15) is 11.6 Å². The van der Waals surface area contributed by atoms with Gasteiger partial charge in [0.05, 0.1) is 12.1 Å². The van der Waals surface area contributed by atoms with E-state index in [9.17, 15) is 18.7 Å². The largest absolute Gasteiger partial charge is 0.392 e. The third kappa shape index (κ3) is 3.90. The Kier molecular flexibility index (Phi) is 4.65. The van der Waals surface area contributed by atoms with E-state index in [2.05, 4.69) is 15.6 Å². The molecule has 8 heteroatoms. The van der Waals surface area contributed by atoms with Crippen LogP contribution >= 0.6 is 11.3 Å². The Labute approximate surface area is 135 Å². The molecule has 0 bridgehead atoms. The van der Waals surface area contributed by atoms with Crippen molar-refractivity contribution in [3.63, 3.8) is 0 Å². The highest BCUT2D eigenvalue weighted by atomic mass is 32.1. The topological polar surface area (TPSA) is 74.2 Å². The van der Waals surface area contributed by atoms with Gasteiger partial charge < -0.3 is 15.7 Å². The molecule has 3 N–H and O–H groups in total. The van der Waals surface area contributed by atoms with Crippen LogP contribution in [0.2, 0.25) is 0 Å². The monoisotopic (exact) mass is 339 g/mol. The van der Waals surface area contributed by atoms with E-state index in [0.717, 1.165) is 10.9 Å². The Morgan fingerprint density at radius 3 is 3.00 bits per heavy atom. The number of benzene rings is 1. The number of aromatic nitrogens is 1. The molecule has 2 heterocycles. The number of rotatable bonds is 4. The molecule has 2 aromatic rings. The van der Waals surface area contributed by atoms with Crippen LogP contribution in [0.5, 0.6) is 0 Å². The lowest BCUT2D eigenvalue weighted by atomic mass is 10.1. The molecule has 1 amide bonds. The maximum Gasteiger partial charge on any atom is 0.243 e. The lowest BCUT2D eigenvalue weighted by Crippen LogP contribution is -2.35. The summed E-state index contributed by atoms with van der Waals surface area (Å²) < 4.78 is 26.5. The van der Waals surface area contributed by atoms with Crippen molar-refractivity contribution in [2.24, 2.45) is 0 Å². The summed E-state index contributed by atoms with van der Waals surface area (Å²) >= 11 is 1.23. The Bertz CT molecular complexity index is 722. The highest BCUT2D eigenvalue weighted by molar-refractivity contribution is 7.15. The van der Waals surface area contributed by atoms with E-state index in [1.54, 1.807) is 6.20 Å². The molecule has 5 nitrogen and oxygen atoms in total. The van der Waals surface area contributed by atoms with E-state index in [1.807, 2.05) is 0 Å². The first kappa shape index (κ1) is 16.0. The summed E-state index contributed by atoms with van der Waals surface area (Å²) in [6.07, 6.45) is 1.68. The number of aliphatic hydroxyl groups is 1. The standard InChI is InChI=1S/C15H15F2N3O2S/c16-9-2-1-8(12(17)4-9)3-11-7-19-15(23-11)20-14(22)13-5-10(21)6-18-13/h1-2,4,7,10,13,18,21H,3,5-6H2,(H,19,20,22). The van der Waals surface area contributed by atoms with E-state index < -0.39 is 23.8 Å². The van der Waals surface area contributed by atoms with Gasteiger partial charge in [0.25, 0.3) is 0 Å². The van der Waals surface area contributed by atoms with Crippen LogP contribution < -0.4 is 10.6 Å². The second kappa shape index (κ2) is 6.69. The Morgan fingerprint density at radius 1 is 1.48 bits per heavy atom. The van der Waals surface area contributed by atoms with Crippen molar-refractivity contribution in [2.75, 3.05) is 11.9 Å². The van der Waals surface area contributed by atoms with Crippen molar-refractivity contribution >= 4 is 22.4 Å². The molecule has 1 aliphatic heterocycles. The van der Waals surface area contributed by atoms with Crippen LogP contribution in [0.4, 0.5) is 13.9 Å². The maximum atomic E-state index is 13.6. The molecule has 0 radical (unpaired) electrons. The molecule has 1 aromatic heterocycles. The fraction of sp³-hybridized carbons (Fsp3) is 0.333. The summed E-state index contributed by atoms with van der Waals surface area (Å²) in [5.74, 6) is -1.47. The number of carbonyl (C=O) groups excluding carboxylic acids is 1. The number of thiazole rings is 1. The van der Waals surface area contributed by atoms with Crippen molar-refractivity contribution in [1.82, 2.24) is 10.3 Å². The number of amides is 1. The highest BCUT2D eigenvalue weighted by Crippen LogP contribution is 2.23. The number of aliphatic hydroxyl groups excluding tert-OH is 1. The van der Waals surface area contributed by atoms with Gasteiger partial charge in [-0.05, 0) is 18.1 Å². The minimum absolute atomic E-state index is 0.254. The average Bonchev–Trinajstić information content (AvgIpc) is 3.11. The van der Waals surface area contributed by atoms with Crippen molar-refractivity contribution in [1.29, 1.82) is 0 Å². The summed E-state index contributed by atoms with van der Waals surface area (Å²) in [7, 11) is 0. The molecule has 1 aromatic carbocycles. The number of hydrogen-bond donors (Lipinski definition) is 3. The van der Waals surface area contributed by atoms with Crippen LogP contribution in [0.25, 0.3) is 0 Å². The van der Waals surface area contributed by atoms with Gasteiger partial charge in [-0.25, -0.2) is 13.8 Å². The molecule has 2 unspecified atom stereocenters. The average molecular weight is 339 g/mol. The number of β-amino-alcohol motifs (C(OH)–C–C–N with tert-alkyl or cyclic N) is 1. The van der Waals surface area contributed by atoms with Crippen LogP contribution in [0.15, 0.2) is 24.4 Å². The lowest BCUT2D eigenvalue weighted by Gasteiger charge is -2.08. The molecular formula is C15H15F2N3O2S. The maximum absolute atomic E-state index is 13.6. The zero-order valence-electron chi connectivity index (χ0n) is 12.1. The summed E-state index contributed by atoms with van der Waals surface area (Å²) in [6.45, 7) is 0.394. The zero-order valence-corrected chi connectivity index (χ0v) is 12.9. The van der Waals surface area contributed by atoms with Gasteiger partial charge in [0.15, 0.2) is 5.13 Å². The number of carbonyl (C=O) groups is 1. The number of halogens is 2. The van der Waals surface area contributed by atoms with E-state index >= 15 is 0 Å². The van der Waals surface area contributed by atoms with E-state index in [4.69, 9.17) is 0 Å². The first-order chi connectivity index (χ1) is 11.0. The van der Waals surface area contributed by atoms with E-state index in [-0.39, 0.29) is 12.3 Å². The van der Waals surface area contributed by atoms with Crippen LogP contribution in [-0.4, -0.2) is 34.7 Å². The number of hydrogen-bond acceptors (Lipinski definition) is 5. The Hall–Kier alpha value is -1.90. The first-order valence-corrected chi connectivity index (χ1v) is 7.94. The smallest absolute Gasteiger partial charge is 0.243 e. The summed E-state index contributed by atoms with van der Waals surface area (Å²) in [4.78, 5) is 16.8. The third-order valence-electron chi connectivity index (χ3n) is 3.59. The molecular weight excluding hydrogens is 324 g/mol. The second-order valence-electron chi connectivity index (χ2n) is 5.38. The SMILES string of the molecule is O=C(Nc1ncc(Cc2ccc(F)cc2F)s1)C1CC(O)CN1. The molecule has 2 atom stereocenters. The highest BCUT2D eigenvalue weighted by Gasteiger charge is 2.28. The molecule has 122 valence electrons. The van der Waals surface area contributed by atoms with E-state index in [0.29, 0.717) is 23.7 Å².